The van der Waals surface area contributed by atoms with Crippen LogP contribution in [-0.4, -0.2) is 44.1 Å². The number of methoxy groups -OCH3 is 2. The van der Waals surface area contributed by atoms with Crippen LogP contribution in [0.5, 0.6) is 11.5 Å². The van der Waals surface area contributed by atoms with Gasteiger partial charge in [0.05, 0.1) is 25.7 Å². The molecule has 1 atom stereocenters. The Bertz CT molecular complexity index is 890. The molecule has 1 aliphatic carbocycles. The molecule has 0 bridgehead atoms. The van der Waals surface area contributed by atoms with E-state index in [2.05, 4.69) is 12.2 Å². The fraction of sp³-hybridized carbons (Fsp3) is 0.478. The molecule has 3 rings (SSSR count). The van der Waals surface area contributed by atoms with Crippen LogP contribution in [0.2, 0.25) is 0 Å². The molecule has 2 aliphatic rings. The van der Waals surface area contributed by atoms with Gasteiger partial charge in [-0.25, -0.2) is 4.79 Å². The van der Waals surface area contributed by atoms with E-state index in [0.29, 0.717) is 35.7 Å². The third-order valence-electron chi connectivity index (χ3n) is 5.41. The van der Waals surface area contributed by atoms with Crippen LogP contribution in [0.3, 0.4) is 0 Å². The molecule has 0 spiro atoms. The number of dihydropyridines is 1. The fourth-order valence-corrected chi connectivity index (χ4v) is 4.53. The standard InChI is InChI=1S/C23H29NO5S/c1-5-30-12-11-29-23(26)20-14(2)24-17-7-6-8-18(25)22(17)21(20)16-10-9-15(27-3)13-19(16)28-4/h9-10,13,21,24H,5-8,11-12H2,1-4H3/t21-/m1/s1. The quantitative estimate of drug-likeness (QED) is 0.493. The van der Waals surface area contributed by atoms with Crippen molar-refractivity contribution in [2.75, 3.05) is 32.3 Å². The summed E-state index contributed by atoms with van der Waals surface area (Å²) < 4.78 is 16.5. The normalized spacial score (nSPS) is 18.7. The highest BCUT2D eigenvalue weighted by molar-refractivity contribution is 7.99. The average Bonchev–Trinajstić information content (AvgIpc) is 2.75. The second-order valence-electron chi connectivity index (χ2n) is 7.21. The molecular weight excluding hydrogens is 402 g/mol. The molecule has 1 aromatic carbocycles. The smallest absolute Gasteiger partial charge is 0.336 e. The molecular formula is C23H29NO5S. The van der Waals surface area contributed by atoms with Crippen molar-refractivity contribution in [3.05, 3.63) is 46.3 Å². The van der Waals surface area contributed by atoms with Crippen LogP contribution in [0.15, 0.2) is 40.7 Å². The molecule has 0 saturated carbocycles. The summed E-state index contributed by atoms with van der Waals surface area (Å²) in [5.41, 5.74) is 3.49. The first-order chi connectivity index (χ1) is 14.5. The van der Waals surface area contributed by atoms with Gasteiger partial charge in [-0.2, -0.15) is 11.8 Å². The van der Waals surface area contributed by atoms with E-state index in [9.17, 15) is 9.59 Å². The van der Waals surface area contributed by atoms with Gasteiger partial charge in [-0.15, -0.1) is 0 Å². The second-order valence-corrected chi connectivity index (χ2v) is 8.60. The molecule has 1 aliphatic heterocycles. The first kappa shape index (κ1) is 22.3. The van der Waals surface area contributed by atoms with Gasteiger partial charge in [-0.1, -0.05) is 13.0 Å². The van der Waals surface area contributed by atoms with E-state index in [0.717, 1.165) is 41.3 Å². The lowest BCUT2D eigenvalue weighted by atomic mass is 9.75. The molecule has 0 amide bonds. The van der Waals surface area contributed by atoms with Gasteiger partial charge in [-0.05, 0) is 31.6 Å². The van der Waals surface area contributed by atoms with Crippen LogP contribution in [0.1, 0.15) is 44.6 Å². The SMILES string of the molecule is CCSCCOC(=O)C1=C(C)NC2=C(C(=O)CCC2)[C@@H]1c1ccc(OC)cc1OC. The third kappa shape index (κ3) is 4.51. The highest BCUT2D eigenvalue weighted by Gasteiger charge is 2.40. The van der Waals surface area contributed by atoms with Gasteiger partial charge in [0.2, 0.25) is 0 Å². The maximum Gasteiger partial charge on any atom is 0.336 e. The van der Waals surface area contributed by atoms with Crippen LogP contribution in [0.25, 0.3) is 0 Å². The van der Waals surface area contributed by atoms with Gasteiger partial charge in [-0.3, -0.25) is 4.79 Å². The number of carbonyl (C=O) groups excluding carboxylic acids is 2. The van der Waals surface area contributed by atoms with Gasteiger partial charge in [0.25, 0.3) is 0 Å². The van der Waals surface area contributed by atoms with Crippen LogP contribution >= 0.6 is 11.8 Å². The van der Waals surface area contributed by atoms with Crippen molar-refractivity contribution in [3.63, 3.8) is 0 Å². The molecule has 0 saturated heterocycles. The van der Waals surface area contributed by atoms with E-state index in [4.69, 9.17) is 14.2 Å². The van der Waals surface area contributed by atoms with E-state index in [1.807, 2.05) is 19.1 Å². The third-order valence-corrected chi connectivity index (χ3v) is 6.28. The van der Waals surface area contributed by atoms with Gasteiger partial charge >= 0.3 is 5.97 Å². The predicted octanol–water partition coefficient (Wildman–Crippen LogP) is 3.97. The first-order valence-electron chi connectivity index (χ1n) is 10.2. The fourth-order valence-electron chi connectivity index (χ4n) is 4.04. The van der Waals surface area contributed by atoms with Gasteiger partial charge in [0, 0.05) is 40.8 Å². The number of carbonyl (C=O) groups is 2. The number of hydrogen-bond donors (Lipinski definition) is 1. The molecule has 0 radical (unpaired) electrons. The Hall–Kier alpha value is -2.41. The summed E-state index contributed by atoms with van der Waals surface area (Å²) in [6.07, 6.45) is 2.06. The lowest BCUT2D eigenvalue weighted by Crippen LogP contribution is -2.34. The molecule has 0 aromatic heterocycles. The Balaban J connectivity index is 2.07. The van der Waals surface area contributed by atoms with Crippen LogP contribution in [-0.2, 0) is 14.3 Å². The van der Waals surface area contributed by atoms with Crippen LogP contribution < -0.4 is 14.8 Å². The first-order valence-corrected chi connectivity index (χ1v) is 11.4. The maximum absolute atomic E-state index is 13.1. The molecule has 0 fully saturated rings. The number of nitrogens with one attached hydrogen (secondary N) is 1. The Kier molecular flexibility index (Phi) is 7.48. The minimum atomic E-state index is -0.527. The summed E-state index contributed by atoms with van der Waals surface area (Å²) >= 11 is 1.72. The number of allylic oxidation sites excluding steroid dienone is 3. The Morgan fingerprint density at radius 1 is 1.23 bits per heavy atom. The second kappa shape index (κ2) is 10.1. The summed E-state index contributed by atoms with van der Waals surface area (Å²) in [6.45, 7) is 4.27. The predicted molar refractivity (Wildman–Crippen MR) is 118 cm³/mol. The monoisotopic (exact) mass is 431 g/mol. The van der Waals surface area contributed by atoms with E-state index in [-0.39, 0.29) is 5.78 Å². The molecule has 1 N–H and O–H groups in total. The minimum absolute atomic E-state index is 0.0611. The van der Waals surface area contributed by atoms with Gasteiger partial charge in [0.1, 0.15) is 18.1 Å². The van der Waals surface area contributed by atoms with Gasteiger partial charge in [0.15, 0.2) is 5.78 Å². The Morgan fingerprint density at radius 2 is 2.03 bits per heavy atom. The van der Waals surface area contributed by atoms with Crippen LogP contribution in [0, 0.1) is 0 Å². The molecule has 1 heterocycles. The summed E-state index contributed by atoms with van der Waals surface area (Å²) in [7, 11) is 3.17. The van der Waals surface area contributed by atoms with E-state index in [1.165, 1.54) is 0 Å². The van der Waals surface area contributed by atoms with Crippen molar-refractivity contribution in [2.45, 2.75) is 39.0 Å². The number of thioether (sulfide) groups is 1. The molecule has 7 heteroatoms. The maximum atomic E-state index is 13.1. The zero-order chi connectivity index (χ0) is 21.7. The number of benzene rings is 1. The van der Waals surface area contributed by atoms with Crippen LogP contribution in [0.4, 0.5) is 0 Å². The highest BCUT2D eigenvalue weighted by Crippen LogP contribution is 2.45. The average molecular weight is 432 g/mol. The molecule has 1 aromatic rings. The molecule has 6 nitrogen and oxygen atoms in total. The zero-order valence-corrected chi connectivity index (χ0v) is 18.8. The topological polar surface area (TPSA) is 73.9 Å². The summed E-state index contributed by atoms with van der Waals surface area (Å²) in [6, 6.07) is 5.47. The Morgan fingerprint density at radius 3 is 2.73 bits per heavy atom. The van der Waals surface area contributed by atoms with Crippen molar-refractivity contribution < 1.29 is 23.8 Å². The number of ether oxygens (including phenoxy) is 3. The number of rotatable bonds is 8. The summed E-state index contributed by atoms with van der Waals surface area (Å²) in [5.74, 6) is 2.07. The van der Waals surface area contributed by atoms with E-state index >= 15 is 0 Å². The minimum Gasteiger partial charge on any atom is -0.497 e. The lowest BCUT2D eigenvalue weighted by molar-refractivity contribution is -0.138. The highest BCUT2D eigenvalue weighted by atomic mass is 32.2. The van der Waals surface area contributed by atoms with E-state index in [1.54, 1.807) is 32.0 Å². The molecule has 0 unspecified atom stereocenters. The lowest BCUT2D eigenvalue weighted by Gasteiger charge is -2.34. The van der Waals surface area contributed by atoms with Gasteiger partial charge < -0.3 is 19.5 Å². The van der Waals surface area contributed by atoms with Crippen molar-refractivity contribution >= 4 is 23.5 Å². The largest absolute Gasteiger partial charge is 0.497 e. The summed E-state index contributed by atoms with van der Waals surface area (Å²) in [4.78, 5) is 26.1. The van der Waals surface area contributed by atoms with E-state index < -0.39 is 11.9 Å². The molecule has 162 valence electrons. The van der Waals surface area contributed by atoms with Crippen molar-refractivity contribution in [3.8, 4) is 11.5 Å². The number of hydrogen-bond acceptors (Lipinski definition) is 7. The van der Waals surface area contributed by atoms with Crippen molar-refractivity contribution in [2.24, 2.45) is 0 Å². The number of esters is 1. The summed E-state index contributed by atoms with van der Waals surface area (Å²) in [5, 5.41) is 3.31. The molecule has 30 heavy (non-hydrogen) atoms. The number of Topliss-reactive ketones (excluding diaryl/α,β-unsaturated/α-hetero) is 1. The van der Waals surface area contributed by atoms with Crippen molar-refractivity contribution in [1.29, 1.82) is 0 Å². The Labute approximate surface area is 182 Å². The van der Waals surface area contributed by atoms with Crippen molar-refractivity contribution in [1.82, 2.24) is 5.32 Å². The zero-order valence-electron chi connectivity index (χ0n) is 18.0. The number of ketones is 1.